The number of fused-ring (bicyclic) bond motifs is 1. The van der Waals surface area contributed by atoms with Gasteiger partial charge in [0, 0.05) is 11.7 Å². The predicted octanol–water partition coefficient (Wildman–Crippen LogP) is 1.64. The highest BCUT2D eigenvalue weighted by Crippen LogP contribution is 2.16. The van der Waals surface area contributed by atoms with Crippen molar-refractivity contribution >= 4 is 22.5 Å². The molecule has 1 aromatic heterocycles. The SMILES string of the molecule is Nc1ccc2nc(NC3CC=CC3)[nH]c(=O)c2c1. The molecule has 0 spiro atoms. The zero-order valence-corrected chi connectivity index (χ0v) is 9.81. The molecule has 0 unspecified atom stereocenters. The van der Waals surface area contributed by atoms with Gasteiger partial charge >= 0.3 is 0 Å². The van der Waals surface area contributed by atoms with Crippen molar-refractivity contribution in [2.24, 2.45) is 0 Å². The van der Waals surface area contributed by atoms with Gasteiger partial charge in [0.1, 0.15) is 0 Å². The summed E-state index contributed by atoms with van der Waals surface area (Å²) in [5, 5.41) is 3.75. The number of nitrogens with two attached hydrogens (primary N) is 1. The van der Waals surface area contributed by atoms with Gasteiger partial charge in [-0.2, -0.15) is 0 Å². The molecule has 1 aliphatic rings. The number of nitrogens with one attached hydrogen (secondary N) is 2. The van der Waals surface area contributed by atoms with Gasteiger partial charge in [0.2, 0.25) is 5.95 Å². The molecule has 0 radical (unpaired) electrons. The maximum atomic E-state index is 11.9. The second-order valence-corrected chi connectivity index (χ2v) is 4.48. The van der Waals surface area contributed by atoms with E-state index in [0.717, 1.165) is 12.8 Å². The van der Waals surface area contributed by atoms with Crippen molar-refractivity contribution in [1.82, 2.24) is 9.97 Å². The third kappa shape index (κ3) is 1.95. The molecule has 2 aromatic rings. The fraction of sp³-hybridized carbons (Fsp3) is 0.231. The minimum atomic E-state index is -0.166. The van der Waals surface area contributed by atoms with Gasteiger partial charge < -0.3 is 11.1 Å². The van der Waals surface area contributed by atoms with Crippen molar-refractivity contribution in [2.75, 3.05) is 11.1 Å². The minimum Gasteiger partial charge on any atom is -0.399 e. The first kappa shape index (κ1) is 10.8. The monoisotopic (exact) mass is 242 g/mol. The largest absolute Gasteiger partial charge is 0.399 e. The summed E-state index contributed by atoms with van der Waals surface area (Å²) < 4.78 is 0. The first-order chi connectivity index (χ1) is 8.72. The highest BCUT2D eigenvalue weighted by molar-refractivity contribution is 5.81. The number of aromatic amines is 1. The van der Waals surface area contributed by atoms with Crippen LogP contribution >= 0.6 is 0 Å². The molecule has 1 heterocycles. The third-order valence-electron chi connectivity index (χ3n) is 3.08. The maximum Gasteiger partial charge on any atom is 0.260 e. The molecule has 0 atom stereocenters. The lowest BCUT2D eigenvalue weighted by atomic mass is 10.2. The Labute approximate surface area is 104 Å². The third-order valence-corrected chi connectivity index (χ3v) is 3.08. The van der Waals surface area contributed by atoms with Crippen molar-refractivity contribution in [3.05, 3.63) is 40.7 Å². The van der Waals surface area contributed by atoms with E-state index in [2.05, 4.69) is 27.4 Å². The first-order valence-corrected chi connectivity index (χ1v) is 5.93. The molecule has 18 heavy (non-hydrogen) atoms. The normalized spacial score (nSPS) is 15.3. The summed E-state index contributed by atoms with van der Waals surface area (Å²) in [6.45, 7) is 0. The molecule has 0 fully saturated rings. The second-order valence-electron chi connectivity index (χ2n) is 4.48. The molecular formula is C13H14N4O. The standard InChI is InChI=1S/C13H14N4O/c14-8-5-6-11-10(7-8)12(18)17-13(16-11)15-9-3-1-2-4-9/h1-2,5-7,9H,3-4,14H2,(H2,15,16,17,18). The number of aromatic nitrogens is 2. The van der Waals surface area contributed by atoms with Crippen LogP contribution in [-0.4, -0.2) is 16.0 Å². The number of anilines is 2. The van der Waals surface area contributed by atoms with Crippen molar-refractivity contribution < 1.29 is 0 Å². The molecule has 0 aliphatic heterocycles. The summed E-state index contributed by atoms with van der Waals surface area (Å²) in [6, 6.07) is 5.47. The van der Waals surface area contributed by atoms with Crippen LogP contribution in [0.5, 0.6) is 0 Å². The van der Waals surface area contributed by atoms with E-state index < -0.39 is 0 Å². The van der Waals surface area contributed by atoms with Gasteiger partial charge in [-0.3, -0.25) is 9.78 Å². The summed E-state index contributed by atoms with van der Waals surface area (Å²) in [7, 11) is 0. The predicted molar refractivity (Wildman–Crippen MR) is 72.6 cm³/mol. The Morgan fingerprint density at radius 2 is 2.11 bits per heavy atom. The minimum absolute atomic E-state index is 0.166. The Kier molecular flexibility index (Phi) is 2.51. The molecule has 3 rings (SSSR count). The van der Waals surface area contributed by atoms with Crippen LogP contribution in [0.25, 0.3) is 10.9 Å². The van der Waals surface area contributed by atoms with Gasteiger partial charge in [0.25, 0.3) is 5.56 Å². The number of benzene rings is 1. The van der Waals surface area contributed by atoms with E-state index >= 15 is 0 Å². The molecule has 92 valence electrons. The number of nitrogens with zero attached hydrogens (tertiary/aromatic N) is 1. The molecule has 5 heteroatoms. The Balaban J connectivity index is 1.99. The van der Waals surface area contributed by atoms with Crippen molar-refractivity contribution in [2.45, 2.75) is 18.9 Å². The fourth-order valence-electron chi connectivity index (χ4n) is 2.15. The van der Waals surface area contributed by atoms with Gasteiger partial charge in [0.05, 0.1) is 10.9 Å². The van der Waals surface area contributed by atoms with Crippen LogP contribution < -0.4 is 16.6 Å². The summed E-state index contributed by atoms with van der Waals surface area (Å²) >= 11 is 0. The summed E-state index contributed by atoms with van der Waals surface area (Å²) in [4.78, 5) is 19.1. The average Bonchev–Trinajstić information content (AvgIpc) is 2.83. The van der Waals surface area contributed by atoms with Gasteiger partial charge in [-0.05, 0) is 31.0 Å². The van der Waals surface area contributed by atoms with E-state index in [1.165, 1.54) is 0 Å². The summed E-state index contributed by atoms with van der Waals surface area (Å²) in [6.07, 6.45) is 6.17. The van der Waals surface area contributed by atoms with E-state index in [1.807, 2.05) is 0 Å². The zero-order valence-electron chi connectivity index (χ0n) is 9.81. The lowest BCUT2D eigenvalue weighted by Crippen LogP contribution is -2.20. The molecule has 1 aromatic carbocycles. The van der Waals surface area contributed by atoms with Crippen LogP contribution in [0.4, 0.5) is 11.6 Å². The number of hydrogen-bond donors (Lipinski definition) is 3. The molecule has 0 saturated carbocycles. The number of nitrogen functional groups attached to an aromatic ring is 1. The van der Waals surface area contributed by atoms with Gasteiger partial charge in [0.15, 0.2) is 0 Å². The molecular weight excluding hydrogens is 228 g/mol. The first-order valence-electron chi connectivity index (χ1n) is 5.93. The van der Waals surface area contributed by atoms with E-state index in [4.69, 9.17) is 5.73 Å². The number of hydrogen-bond acceptors (Lipinski definition) is 4. The van der Waals surface area contributed by atoms with Crippen LogP contribution in [0.15, 0.2) is 35.1 Å². The molecule has 0 bridgehead atoms. The molecule has 0 amide bonds. The topological polar surface area (TPSA) is 83.8 Å². The smallest absolute Gasteiger partial charge is 0.260 e. The zero-order chi connectivity index (χ0) is 12.5. The Morgan fingerprint density at radius 1 is 1.33 bits per heavy atom. The van der Waals surface area contributed by atoms with Gasteiger partial charge in [-0.1, -0.05) is 12.2 Å². The molecule has 4 N–H and O–H groups in total. The lowest BCUT2D eigenvalue weighted by molar-refractivity contribution is 0.773. The highest BCUT2D eigenvalue weighted by Gasteiger charge is 2.11. The van der Waals surface area contributed by atoms with E-state index in [0.29, 0.717) is 28.6 Å². The van der Waals surface area contributed by atoms with Crippen LogP contribution in [0.3, 0.4) is 0 Å². The molecule has 1 aliphatic carbocycles. The van der Waals surface area contributed by atoms with E-state index in [1.54, 1.807) is 18.2 Å². The fourth-order valence-corrected chi connectivity index (χ4v) is 2.15. The number of rotatable bonds is 2. The van der Waals surface area contributed by atoms with Crippen molar-refractivity contribution in [3.8, 4) is 0 Å². The van der Waals surface area contributed by atoms with Crippen LogP contribution in [0.2, 0.25) is 0 Å². The Hall–Kier alpha value is -2.30. The van der Waals surface area contributed by atoms with Crippen LogP contribution in [0.1, 0.15) is 12.8 Å². The van der Waals surface area contributed by atoms with E-state index in [9.17, 15) is 4.79 Å². The quantitative estimate of drug-likeness (QED) is 0.552. The Bertz CT molecular complexity index is 666. The average molecular weight is 242 g/mol. The van der Waals surface area contributed by atoms with Crippen molar-refractivity contribution in [3.63, 3.8) is 0 Å². The maximum absolute atomic E-state index is 11.9. The lowest BCUT2D eigenvalue weighted by Gasteiger charge is -2.12. The van der Waals surface area contributed by atoms with Gasteiger partial charge in [-0.25, -0.2) is 4.98 Å². The Morgan fingerprint density at radius 3 is 2.89 bits per heavy atom. The number of H-pyrrole nitrogens is 1. The van der Waals surface area contributed by atoms with Gasteiger partial charge in [-0.15, -0.1) is 0 Å². The molecule has 0 saturated heterocycles. The summed E-state index contributed by atoms with van der Waals surface area (Å²) in [5.74, 6) is 0.519. The second kappa shape index (κ2) is 4.18. The van der Waals surface area contributed by atoms with Crippen molar-refractivity contribution in [1.29, 1.82) is 0 Å². The summed E-state index contributed by atoms with van der Waals surface area (Å²) in [5.41, 5.74) is 6.71. The van der Waals surface area contributed by atoms with Crippen LogP contribution in [0, 0.1) is 0 Å². The van der Waals surface area contributed by atoms with Crippen LogP contribution in [-0.2, 0) is 0 Å². The molecule has 5 nitrogen and oxygen atoms in total. The van der Waals surface area contributed by atoms with E-state index in [-0.39, 0.29) is 5.56 Å². The highest BCUT2D eigenvalue weighted by atomic mass is 16.1.